The quantitative estimate of drug-likeness (QED) is 0.905. The molecule has 0 aromatic heterocycles. The lowest BCUT2D eigenvalue weighted by Crippen LogP contribution is -2.47. The van der Waals surface area contributed by atoms with Gasteiger partial charge in [0.15, 0.2) is 0 Å². The van der Waals surface area contributed by atoms with Crippen LogP contribution in [0.3, 0.4) is 0 Å². The van der Waals surface area contributed by atoms with Crippen LogP contribution in [-0.4, -0.2) is 45.3 Å². The summed E-state index contributed by atoms with van der Waals surface area (Å²) >= 11 is 0. The molecular weight excluding hydrogens is 264 g/mol. The van der Waals surface area contributed by atoms with E-state index in [4.69, 9.17) is 9.47 Å². The van der Waals surface area contributed by atoms with Gasteiger partial charge in [0.05, 0.1) is 14.2 Å². The molecule has 1 heterocycles. The molecule has 0 saturated carbocycles. The molecule has 1 fully saturated rings. The molecule has 4 nitrogen and oxygen atoms in total. The third-order valence-electron chi connectivity index (χ3n) is 4.48. The molecule has 2 rings (SSSR count). The van der Waals surface area contributed by atoms with Gasteiger partial charge in [0.2, 0.25) is 0 Å². The summed E-state index contributed by atoms with van der Waals surface area (Å²) in [4.78, 5) is 2.40. The summed E-state index contributed by atoms with van der Waals surface area (Å²) in [5, 5.41) is 3.77. The third kappa shape index (κ3) is 3.89. The van der Waals surface area contributed by atoms with E-state index in [1.165, 1.54) is 12.0 Å². The Bertz CT molecular complexity index is 464. The lowest BCUT2D eigenvalue weighted by atomic mass is 9.92. The van der Waals surface area contributed by atoms with E-state index in [1.54, 1.807) is 14.2 Å². The highest BCUT2D eigenvalue weighted by Gasteiger charge is 2.26. The fourth-order valence-electron chi connectivity index (χ4n) is 3.19. The van der Waals surface area contributed by atoms with E-state index >= 15 is 0 Å². The van der Waals surface area contributed by atoms with Crippen molar-refractivity contribution in [3.63, 3.8) is 0 Å². The fraction of sp³-hybridized carbons (Fsp3) is 0.647. The Morgan fingerprint density at radius 2 is 2.05 bits per heavy atom. The van der Waals surface area contributed by atoms with Gasteiger partial charge in [0.25, 0.3) is 0 Å². The van der Waals surface area contributed by atoms with E-state index < -0.39 is 0 Å². The molecule has 1 saturated heterocycles. The highest BCUT2D eigenvalue weighted by atomic mass is 16.5. The monoisotopic (exact) mass is 292 g/mol. The second-order valence-electron chi connectivity index (χ2n) is 6.13. The largest absolute Gasteiger partial charge is 0.497 e. The van der Waals surface area contributed by atoms with Gasteiger partial charge in [-0.25, -0.2) is 0 Å². The van der Waals surface area contributed by atoms with E-state index in [9.17, 15) is 0 Å². The predicted octanol–water partition coefficient (Wildman–Crippen LogP) is 2.69. The SMILES string of the molecule is COc1ccc(C(C)NC2CCN(C)CC2C)c(OC)c1. The van der Waals surface area contributed by atoms with Crippen LogP contribution in [0.15, 0.2) is 18.2 Å². The van der Waals surface area contributed by atoms with Crippen molar-refractivity contribution in [1.82, 2.24) is 10.2 Å². The third-order valence-corrected chi connectivity index (χ3v) is 4.48. The number of likely N-dealkylation sites (tertiary alicyclic amines) is 1. The number of nitrogens with zero attached hydrogens (tertiary/aromatic N) is 1. The number of benzene rings is 1. The standard InChI is InChI=1S/C17H28N2O2/c1-12-11-19(3)9-8-16(12)18-13(2)15-7-6-14(20-4)10-17(15)21-5/h6-7,10,12-13,16,18H,8-9,11H2,1-5H3. The van der Waals surface area contributed by atoms with Crippen LogP contribution in [-0.2, 0) is 0 Å². The van der Waals surface area contributed by atoms with E-state index in [1.807, 2.05) is 12.1 Å². The van der Waals surface area contributed by atoms with Crippen molar-refractivity contribution >= 4 is 0 Å². The van der Waals surface area contributed by atoms with Crippen molar-refractivity contribution in [2.75, 3.05) is 34.4 Å². The van der Waals surface area contributed by atoms with E-state index in [2.05, 4.69) is 37.2 Å². The van der Waals surface area contributed by atoms with Gasteiger partial charge in [0, 0.05) is 30.3 Å². The van der Waals surface area contributed by atoms with Gasteiger partial charge in [-0.2, -0.15) is 0 Å². The van der Waals surface area contributed by atoms with E-state index in [0.717, 1.165) is 24.6 Å². The van der Waals surface area contributed by atoms with Crippen LogP contribution < -0.4 is 14.8 Å². The first kappa shape index (κ1) is 16.1. The van der Waals surface area contributed by atoms with Crippen LogP contribution in [0, 0.1) is 5.92 Å². The maximum atomic E-state index is 5.51. The molecule has 21 heavy (non-hydrogen) atoms. The first-order valence-corrected chi connectivity index (χ1v) is 7.71. The van der Waals surface area contributed by atoms with Crippen molar-refractivity contribution in [3.8, 4) is 11.5 Å². The molecule has 1 aromatic rings. The summed E-state index contributed by atoms with van der Waals surface area (Å²) in [6, 6.07) is 6.86. The molecule has 118 valence electrons. The number of methoxy groups -OCH3 is 2. The minimum Gasteiger partial charge on any atom is -0.497 e. The Balaban J connectivity index is 2.07. The molecule has 3 unspecified atom stereocenters. The molecular formula is C17H28N2O2. The molecule has 1 aliphatic heterocycles. The lowest BCUT2D eigenvalue weighted by molar-refractivity contribution is 0.167. The Morgan fingerprint density at radius 3 is 2.67 bits per heavy atom. The van der Waals surface area contributed by atoms with Crippen LogP contribution >= 0.6 is 0 Å². The zero-order valence-electron chi connectivity index (χ0n) is 13.8. The van der Waals surface area contributed by atoms with Gasteiger partial charge in [-0.1, -0.05) is 13.0 Å². The molecule has 0 amide bonds. The minimum atomic E-state index is 0.265. The second-order valence-corrected chi connectivity index (χ2v) is 6.13. The summed E-state index contributed by atoms with van der Waals surface area (Å²) < 4.78 is 10.8. The Labute approximate surface area is 128 Å². The lowest BCUT2D eigenvalue weighted by Gasteiger charge is -2.37. The highest BCUT2D eigenvalue weighted by Crippen LogP contribution is 2.30. The summed E-state index contributed by atoms with van der Waals surface area (Å²) in [6.45, 7) is 6.85. The number of rotatable bonds is 5. The molecule has 1 aliphatic rings. The van der Waals surface area contributed by atoms with Crippen molar-refractivity contribution in [2.45, 2.75) is 32.4 Å². The summed E-state index contributed by atoms with van der Waals surface area (Å²) in [5.74, 6) is 2.38. The number of nitrogens with one attached hydrogen (secondary N) is 1. The average molecular weight is 292 g/mol. The van der Waals surface area contributed by atoms with Gasteiger partial charge in [-0.3, -0.25) is 0 Å². The van der Waals surface area contributed by atoms with Gasteiger partial charge in [-0.15, -0.1) is 0 Å². The van der Waals surface area contributed by atoms with Crippen molar-refractivity contribution < 1.29 is 9.47 Å². The molecule has 0 spiro atoms. The maximum Gasteiger partial charge on any atom is 0.127 e. The van der Waals surface area contributed by atoms with Crippen molar-refractivity contribution in [3.05, 3.63) is 23.8 Å². The Morgan fingerprint density at radius 1 is 1.29 bits per heavy atom. The maximum absolute atomic E-state index is 5.51. The Kier molecular flexibility index (Phi) is 5.48. The van der Waals surface area contributed by atoms with E-state index in [0.29, 0.717) is 12.0 Å². The minimum absolute atomic E-state index is 0.265. The number of piperidine rings is 1. The first-order chi connectivity index (χ1) is 10.0. The normalized spacial score (nSPS) is 24.6. The molecule has 0 bridgehead atoms. The van der Waals surface area contributed by atoms with Crippen LogP contribution in [0.4, 0.5) is 0 Å². The molecule has 4 heteroatoms. The summed E-state index contributed by atoms with van der Waals surface area (Å²) in [7, 11) is 5.59. The zero-order chi connectivity index (χ0) is 15.4. The predicted molar refractivity (Wildman–Crippen MR) is 86.2 cm³/mol. The molecule has 3 atom stereocenters. The van der Waals surface area contributed by atoms with Crippen LogP contribution in [0.1, 0.15) is 31.9 Å². The van der Waals surface area contributed by atoms with Gasteiger partial charge >= 0.3 is 0 Å². The Hall–Kier alpha value is -1.26. The van der Waals surface area contributed by atoms with Crippen molar-refractivity contribution in [1.29, 1.82) is 0 Å². The number of hydrogen-bond acceptors (Lipinski definition) is 4. The van der Waals surface area contributed by atoms with E-state index in [-0.39, 0.29) is 6.04 Å². The highest BCUT2D eigenvalue weighted by molar-refractivity contribution is 5.42. The van der Waals surface area contributed by atoms with Gasteiger partial charge in [-0.05, 0) is 38.9 Å². The zero-order valence-corrected chi connectivity index (χ0v) is 13.8. The van der Waals surface area contributed by atoms with Gasteiger partial charge < -0.3 is 19.7 Å². The first-order valence-electron chi connectivity index (χ1n) is 7.71. The van der Waals surface area contributed by atoms with Crippen LogP contribution in [0.2, 0.25) is 0 Å². The molecule has 0 radical (unpaired) electrons. The summed E-state index contributed by atoms with van der Waals surface area (Å²) in [6.07, 6.45) is 1.19. The smallest absolute Gasteiger partial charge is 0.127 e. The second kappa shape index (κ2) is 7.14. The van der Waals surface area contributed by atoms with Crippen LogP contribution in [0.5, 0.6) is 11.5 Å². The number of ether oxygens (including phenoxy) is 2. The van der Waals surface area contributed by atoms with Crippen LogP contribution in [0.25, 0.3) is 0 Å². The topological polar surface area (TPSA) is 33.7 Å². The summed E-state index contributed by atoms with van der Waals surface area (Å²) in [5.41, 5.74) is 1.18. The fourth-order valence-corrected chi connectivity index (χ4v) is 3.19. The van der Waals surface area contributed by atoms with Gasteiger partial charge in [0.1, 0.15) is 11.5 Å². The molecule has 0 aliphatic carbocycles. The molecule has 1 N–H and O–H groups in total. The average Bonchev–Trinajstić information content (AvgIpc) is 2.49. The number of hydrogen-bond donors (Lipinski definition) is 1. The molecule has 1 aromatic carbocycles. The van der Waals surface area contributed by atoms with Crippen molar-refractivity contribution in [2.24, 2.45) is 5.92 Å².